The number of hydrogen-bond acceptors (Lipinski definition) is 3. The number of nitrogens with one attached hydrogen (secondary N) is 1. The first-order valence-corrected chi connectivity index (χ1v) is 8.99. The molecule has 2 heterocycles. The van der Waals surface area contributed by atoms with Gasteiger partial charge in [-0.25, -0.2) is 0 Å². The number of nitrogens with zero attached hydrogens (tertiary/aromatic N) is 2. The summed E-state index contributed by atoms with van der Waals surface area (Å²) in [6.07, 6.45) is 6.21. The lowest BCUT2D eigenvalue weighted by atomic mass is 9.95. The van der Waals surface area contributed by atoms with E-state index in [4.69, 9.17) is 0 Å². The molecule has 5 heteroatoms. The Morgan fingerprint density at radius 3 is 2.50 bits per heavy atom. The van der Waals surface area contributed by atoms with E-state index in [1.807, 2.05) is 4.90 Å². The number of likely N-dealkylation sites (tertiary alicyclic amines) is 2. The molecule has 1 N–H and O–H groups in total. The highest BCUT2D eigenvalue weighted by atomic mass is 16.2. The molecule has 0 radical (unpaired) electrons. The first-order valence-electron chi connectivity index (χ1n) is 8.99. The van der Waals surface area contributed by atoms with Crippen molar-refractivity contribution in [2.45, 2.75) is 51.5 Å². The molecule has 3 fully saturated rings. The molecule has 3 rings (SSSR count). The van der Waals surface area contributed by atoms with Gasteiger partial charge in [-0.3, -0.25) is 9.59 Å². The summed E-state index contributed by atoms with van der Waals surface area (Å²) < 4.78 is 0. The van der Waals surface area contributed by atoms with E-state index in [2.05, 4.69) is 17.1 Å². The second-order valence-corrected chi connectivity index (χ2v) is 7.14. The molecule has 1 saturated carbocycles. The summed E-state index contributed by atoms with van der Waals surface area (Å²) in [5.41, 5.74) is 0. The summed E-state index contributed by atoms with van der Waals surface area (Å²) in [5, 5.41) is 3.24. The number of hydrogen-bond donors (Lipinski definition) is 1. The summed E-state index contributed by atoms with van der Waals surface area (Å²) >= 11 is 0. The van der Waals surface area contributed by atoms with E-state index >= 15 is 0 Å². The van der Waals surface area contributed by atoms with Crippen molar-refractivity contribution >= 4 is 11.8 Å². The summed E-state index contributed by atoms with van der Waals surface area (Å²) in [6.45, 7) is 6.82. The van der Waals surface area contributed by atoms with Crippen LogP contribution in [0, 0.1) is 11.8 Å². The average molecular weight is 307 g/mol. The van der Waals surface area contributed by atoms with Crippen LogP contribution in [-0.2, 0) is 9.59 Å². The Morgan fingerprint density at radius 2 is 1.77 bits per heavy atom. The topological polar surface area (TPSA) is 52.7 Å². The van der Waals surface area contributed by atoms with Gasteiger partial charge in [0.05, 0.1) is 5.92 Å². The maximum absolute atomic E-state index is 12.5. The van der Waals surface area contributed by atoms with Crippen LogP contribution in [0.3, 0.4) is 0 Å². The van der Waals surface area contributed by atoms with E-state index in [9.17, 15) is 9.59 Å². The second kappa shape index (κ2) is 6.99. The van der Waals surface area contributed by atoms with Gasteiger partial charge in [0.2, 0.25) is 11.8 Å². The van der Waals surface area contributed by atoms with Crippen LogP contribution in [0.15, 0.2) is 0 Å². The number of amides is 2. The lowest BCUT2D eigenvalue weighted by molar-refractivity contribution is -0.137. The minimum absolute atomic E-state index is 0.00606. The smallest absolute Gasteiger partial charge is 0.225 e. The Labute approximate surface area is 133 Å². The average Bonchev–Trinajstić information content (AvgIpc) is 3.39. The van der Waals surface area contributed by atoms with Crippen LogP contribution in [0.4, 0.5) is 0 Å². The van der Waals surface area contributed by atoms with Crippen molar-refractivity contribution in [3.8, 4) is 0 Å². The maximum atomic E-state index is 12.5. The molecule has 0 aromatic carbocycles. The van der Waals surface area contributed by atoms with E-state index in [0.29, 0.717) is 6.54 Å². The van der Waals surface area contributed by atoms with Crippen molar-refractivity contribution in [1.29, 1.82) is 0 Å². The zero-order chi connectivity index (χ0) is 15.5. The molecular formula is C17H29N3O2. The molecule has 1 aliphatic carbocycles. The molecule has 0 aromatic heterocycles. The van der Waals surface area contributed by atoms with E-state index in [-0.39, 0.29) is 29.7 Å². The van der Waals surface area contributed by atoms with Gasteiger partial charge in [0.15, 0.2) is 0 Å². The Balaban J connectivity index is 1.49. The lowest BCUT2D eigenvalue weighted by Crippen LogP contribution is -2.52. The summed E-state index contributed by atoms with van der Waals surface area (Å²) in [7, 11) is 0. The molecule has 2 aliphatic heterocycles. The van der Waals surface area contributed by atoms with Crippen molar-refractivity contribution in [2.75, 3.05) is 32.7 Å². The van der Waals surface area contributed by atoms with Gasteiger partial charge in [0, 0.05) is 31.6 Å². The summed E-state index contributed by atoms with van der Waals surface area (Å²) in [5.74, 6) is 0.704. The molecule has 22 heavy (non-hydrogen) atoms. The highest BCUT2D eigenvalue weighted by Crippen LogP contribution is 2.32. The number of piperidine rings is 2. The predicted molar refractivity (Wildman–Crippen MR) is 85.3 cm³/mol. The van der Waals surface area contributed by atoms with E-state index in [1.165, 1.54) is 0 Å². The van der Waals surface area contributed by atoms with Crippen LogP contribution >= 0.6 is 0 Å². The number of carbonyl (C=O) groups excluding carboxylic acids is 2. The Kier molecular flexibility index (Phi) is 5.01. The van der Waals surface area contributed by atoms with Crippen LogP contribution in [-0.4, -0.2) is 60.4 Å². The maximum Gasteiger partial charge on any atom is 0.225 e. The van der Waals surface area contributed by atoms with Gasteiger partial charge in [-0.1, -0.05) is 6.92 Å². The Hall–Kier alpha value is -1.10. The fraction of sp³-hybridized carbons (Fsp3) is 0.882. The van der Waals surface area contributed by atoms with Crippen LogP contribution < -0.4 is 5.32 Å². The Bertz CT molecular complexity index is 422. The van der Waals surface area contributed by atoms with Crippen molar-refractivity contribution in [3.63, 3.8) is 0 Å². The van der Waals surface area contributed by atoms with Crippen molar-refractivity contribution in [2.24, 2.45) is 11.8 Å². The van der Waals surface area contributed by atoms with Crippen LogP contribution in [0.5, 0.6) is 0 Å². The predicted octanol–water partition coefficient (Wildman–Crippen LogP) is 1.24. The zero-order valence-electron chi connectivity index (χ0n) is 13.7. The second-order valence-electron chi connectivity index (χ2n) is 7.14. The largest absolute Gasteiger partial charge is 0.352 e. The van der Waals surface area contributed by atoms with E-state index in [0.717, 1.165) is 64.7 Å². The molecule has 0 unspecified atom stereocenters. The molecule has 5 nitrogen and oxygen atoms in total. The van der Waals surface area contributed by atoms with Gasteiger partial charge in [0.25, 0.3) is 0 Å². The van der Waals surface area contributed by atoms with E-state index in [1.54, 1.807) is 0 Å². The minimum Gasteiger partial charge on any atom is -0.352 e. The van der Waals surface area contributed by atoms with Gasteiger partial charge >= 0.3 is 0 Å². The van der Waals surface area contributed by atoms with Gasteiger partial charge in [-0.2, -0.15) is 0 Å². The fourth-order valence-corrected chi connectivity index (χ4v) is 3.76. The minimum atomic E-state index is -0.00606. The molecule has 124 valence electrons. The number of rotatable bonds is 4. The molecule has 0 bridgehead atoms. The number of likely N-dealkylation sites (N-methyl/N-ethyl adjacent to an activating group) is 1. The fourth-order valence-electron chi connectivity index (χ4n) is 3.76. The molecule has 0 aromatic rings. The SMILES string of the molecule is CCN1CCC[C@H](NC(=O)[C@@H]2CCCN(C(=O)C3CC3)C2)C1. The third-order valence-corrected chi connectivity index (χ3v) is 5.33. The quantitative estimate of drug-likeness (QED) is 0.850. The molecule has 0 spiro atoms. The first-order chi connectivity index (χ1) is 10.7. The highest BCUT2D eigenvalue weighted by Gasteiger charge is 2.37. The normalized spacial score (nSPS) is 30.1. The van der Waals surface area contributed by atoms with Crippen LogP contribution in [0.2, 0.25) is 0 Å². The zero-order valence-corrected chi connectivity index (χ0v) is 13.7. The monoisotopic (exact) mass is 307 g/mol. The van der Waals surface area contributed by atoms with Crippen LogP contribution in [0.1, 0.15) is 45.4 Å². The highest BCUT2D eigenvalue weighted by molar-refractivity contribution is 5.83. The summed E-state index contributed by atoms with van der Waals surface area (Å²) in [6, 6.07) is 0.288. The molecule has 2 saturated heterocycles. The molecule has 2 atom stereocenters. The van der Waals surface area contributed by atoms with Crippen molar-refractivity contribution in [1.82, 2.24) is 15.1 Å². The number of carbonyl (C=O) groups is 2. The molecule has 3 aliphatic rings. The van der Waals surface area contributed by atoms with Crippen molar-refractivity contribution < 1.29 is 9.59 Å². The van der Waals surface area contributed by atoms with Crippen molar-refractivity contribution in [3.05, 3.63) is 0 Å². The van der Waals surface area contributed by atoms with Gasteiger partial charge < -0.3 is 15.1 Å². The third kappa shape index (κ3) is 3.80. The standard InChI is InChI=1S/C17H29N3O2/c1-2-19-9-4-6-15(12-19)18-16(21)14-5-3-10-20(11-14)17(22)13-7-8-13/h13-15H,2-12H2,1H3,(H,18,21)/t14-,15+/m1/s1. The van der Waals surface area contributed by atoms with E-state index < -0.39 is 0 Å². The molecular weight excluding hydrogens is 278 g/mol. The van der Waals surface area contributed by atoms with Crippen LogP contribution in [0.25, 0.3) is 0 Å². The van der Waals surface area contributed by atoms with Gasteiger partial charge in [-0.15, -0.1) is 0 Å². The third-order valence-electron chi connectivity index (χ3n) is 5.33. The Morgan fingerprint density at radius 1 is 1.00 bits per heavy atom. The molecule has 2 amide bonds. The summed E-state index contributed by atoms with van der Waals surface area (Å²) in [4.78, 5) is 29.1. The first kappa shape index (κ1) is 15.8. The van der Waals surface area contributed by atoms with Gasteiger partial charge in [0.1, 0.15) is 0 Å². The van der Waals surface area contributed by atoms with Gasteiger partial charge in [-0.05, 0) is 51.6 Å². The lowest BCUT2D eigenvalue weighted by Gasteiger charge is -2.35.